The number of hydrogen-bond donors (Lipinski definition) is 1. The van der Waals surface area contributed by atoms with Crippen LogP contribution < -0.4 is 5.73 Å². The molecule has 1 heterocycles. The van der Waals surface area contributed by atoms with Crippen LogP contribution in [0.15, 0.2) is 12.3 Å². The molecule has 4 heteroatoms. The normalized spacial score (nSPS) is 12.9. The molecule has 0 saturated carbocycles. The van der Waals surface area contributed by atoms with Crippen molar-refractivity contribution in [3.63, 3.8) is 0 Å². The molecule has 1 atom stereocenters. The number of hydrogen-bond acceptors (Lipinski definition) is 3. The zero-order chi connectivity index (χ0) is 9.14. The van der Waals surface area contributed by atoms with E-state index in [0.717, 1.165) is 6.20 Å². The molecule has 66 valence electrons. The monoisotopic (exact) mass is 170 g/mol. The molecule has 0 saturated heterocycles. The number of halogens is 1. The fourth-order valence-electron chi connectivity index (χ4n) is 0.917. The maximum absolute atomic E-state index is 12.5. The van der Waals surface area contributed by atoms with Crippen LogP contribution in [0.2, 0.25) is 0 Å². The van der Waals surface area contributed by atoms with Gasteiger partial charge in [0.1, 0.15) is 5.82 Å². The Morgan fingerprint density at radius 1 is 1.67 bits per heavy atom. The molecule has 0 aliphatic carbocycles. The molecular formula is C8H11FN2O. The zero-order valence-electron chi connectivity index (χ0n) is 7.04. The van der Waals surface area contributed by atoms with Gasteiger partial charge in [-0.1, -0.05) is 0 Å². The molecule has 0 aromatic carbocycles. The molecule has 1 unspecified atom stereocenters. The molecule has 0 amide bonds. The summed E-state index contributed by atoms with van der Waals surface area (Å²) >= 11 is 0. The number of nitrogens with two attached hydrogens (primary N) is 1. The molecule has 3 nitrogen and oxygen atoms in total. The molecule has 0 aliphatic heterocycles. The zero-order valence-corrected chi connectivity index (χ0v) is 7.04. The highest BCUT2D eigenvalue weighted by Gasteiger charge is 2.09. The third-order valence-electron chi connectivity index (χ3n) is 1.65. The van der Waals surface area contributed by atoms with E-state index >= 15 is 0 Å². The van der Waals surface area contributed by atoms with E-state index < -0.39 is 5.82 Å². The summed E-state index contributed by atoms with van der Waals surface area (Å²) in [5.74, 6) is -0.431. The summed E-state index contributed by atoms with van der Waals surface area (Å²) in [6, 6.07) is 1.23. The first-order valence-electron chi connectivity index (χ1n) is 3.59. The number of rotatable bonds is 2. The van der Waals surface area contributed by atoms with Crippen molar-refractivity contribution in [3.8, 4) is 0 Å². The van der Waals surface area contributed by atoms with Crippen molar-refractivity contribution < 1.29 is 9.13 Å². The molecule has 12 heavy (non-hydrogen) atoms. The molecule has 0 aliphatic rings. The summed E-state index contributed by atoms with van der Waals surface area (Å²) in [7, 11) is 1.55. The van der Waals surface area contributed by atoms with E-state index in [-0.39, 0.29) is 6.10 Å². The van der Waals surface area contributed by atoms with Crippen LogP contribution in [0.5, 0.6) is 0 Å². The van der Waals surface area contributed by atoms with Gasteiger partial charge in [-0.15, -0.1) is 0 Å². The fraction of sp³-hybridized carbons (Fsp3) is 0.375. The lowest BCUT2D eigenvalue weighted by Crippen LogP contribution is -2.04. The SMILES string of the molecule is COC(C)c1ncc(F)cc1N. The van der Waals surface area contributed by atoms with Gasteiger partial charge >= 0.3 is 0 Å². The molecule has 0 fully saturated rings. The highest BCUT2D eigenvalue weighted by atomic mass is 19.1. The Hall–Kier alpha value is -1.16. The number of methoxy groups -OCH3 is 1. The predicted octanol–water partition coefficient (Wildman–Crippen LogP) is 1.51. The second-order valence-electron chi connectivity index (χ2n) is 2.51. The van der Waals surface area contributed by atoms with Crippen molar-refractivity contribution >= 4 is 5.69 Å². The smallest absolute Gasteiger partial charge is 0.143 e. The Bertz CT molecular complexity index is 278. The summed E-state index contributed by atoms with van der Waals surface area (Å²) in [6.45, 7) is 1.80. The molecule has 0 spiro atoms. The molecule has 1 aromatic rings. The van der Waals surface area contributed by atoms with E-state index in [1.807, 2.05) is 0 Å². The van der Waals surface area contributed by atoms with E-state index in [2.05, 4.69) is 4.98 Å². The van der Waals surface area contributed by atoms with Crippen molar-refractivity contribution in [2.24, 2.45) is 0 Å². The maximum atomic E-state index is 12.5. The lowest BCUT2D eigenvalue weighted by Gasteiger charge is -2.10. The first kappa shape index (κ1) is 8.93. The van der Waals surface area contributed by atoms with E-state index in [9.17, 15) is 4.39 Å². The van der Waals surface area contributed by atoms with E-state index in [1.54, 1.807) is 14.0 Å². The van der Waals surface area contributed by atoms with Crippen LogP contribution in [-0.2, 0) is 4.74 Å². The van der Waals surface area contributed by atoms with Gasteiger partial charge in [0, 0.05) is 13.2 Å². The van der Waals surface area contributed by atoms with Gasteiger partial charge in [-0.3, -0.25) is 4.98 Å². The number of aromatic nitrogens is 1. The van der Waals surface area contributed by atoms with Crippen LogP contribution in [-0.4, -0.2) is 12.1 Å². The number of nitrogen functional groups attached to an aromatic ring is 1. The Balaban J connectivity index is 3.01. The third-order valence-corrected chi connectivity index (χ3v) is 1.65. The van der Waals surface area contributed by atoms with E-state index in [1.165, 1.54) is 6.07 Å². The van der Waals surface area contributed by atoms with Crippen LogP contribution in [0.25, 0.3) is 0 Å². The lowest BCUT2D eigenvalue weighted by atomic mass is 10.2. The number of nitrogens with zero attached hydrogens (tertiary/aromatic N) is 1. The highest BCUT2D eigenvalue weighted by molar-refractivity contribution is 5.43. The molecule has 1 rings (SSSR count). The fourth-order valence-corrected chi connectivity index (χ4v) is 0.917. The minimum Gasteiger partial charge on any atom is -0.397 e. The van der Waals surface area contributed by atoms with Crippen molar-refractivity contribution in [3.05, 3.63) is 23.8 Å². The van der Waals surface area contributed by atoms with Gasteiger partial charge in [-0.05, 0) is 6.92 Å². The van der Waals surface area contributed by atoms with Crippen LogP contribution in [0.1, 0.15) is 18.7 Å². The average molecular weight is 170 g/mol. The van der Waals surface area contributed by atoms with Crippen molar-refractivity contribution in [2.75, 3.05) is 12.8 Å². The minimum atomic E-state index is -0.431. The topological polar surface area (TPSA) is 48.1 Å². The second-order valence-corrected chi connectivity index (χ2v) is 2.51. The summed E-state index contributed by atoms with van der Waals surface area (Å²) in [5.41, 5.74) is 6.41. The van der Waals surface area contributed by atoms with Crippen LogP contribution in [0, 0.1) is 5.82 Å². The molecule has 0 radical (unpaired) electrons. The Labute approximate surface area is 70.4 Å². The Morgan fingerprint density at radius 3 is 2.83 bits per heavy atom. The van der Waals surface area contributed by atoms with Crippen molar-refractivity contribution in [2.45, 2.75) is 13.0 Å². The van der Waals surface area contributed by atoms with Crippen LogP contribution in [0.4, 0.5) is 10.1 Å². The Kier molecular flexibility index (Phi) is 2.60. The average Bonchev–Trinajstić information content (AvgIpc) is 2.03. The maximum Gasteiger partial charge on any atom is 0.143 e. The van der Waals surface area contributed by atoms with Crippen molar-refractivity contribution in [1.82, 2.24) is 4.98 Å². The quantitative estimate of drug-likeness (QED) is 0.731. The molecule has 0 bridgehead atoms. The van der Waals surface area contributed by atoms with Gasteiger partial charge < -0.3 is 10.5 Å². The Morgan fingerprint density at radius 2 is 2.33 bits per heavy atom. The second kappa shape index (κ2) is 3.49. The molecule has 1 aromatic heterocycles. The third kappa shape index (κ3) is 1.71. The highest BCUT2D eigenvalue weighted by Crippen LogP contribution is 2.19. The summed E-state index contributed by atoms with van der Waals surface area (Å²) in [6.07, 6.45) is 0.923. The van der Waals surface area contributed by atoms with E-state index in [4.69, 9.17) is 10.5 Å². The van der Waals surface area contributed by atoms with Gasteiger partial charge in [0.2, 0.25) is 0 Å². The van der Waals surface area contributed by atoms with Gasteiger partial charge in [-0.25, -0.2) is 4.39 Å². The molecule has 2 N–H and O–H groups in total. The summed E-state index contributed by atoms with van der Waals surface area (Å²) in [5, 5.41) is 0. The van der Waals surface area contributed by atoms with Gasteiger partial charge in [0.25, 0.3) is 0 Å². The summed E-state index contributed by atoms with van der Waals surface area (Å²) in [4.78, 5) is 3.82. The molecular weight excluding hydrogens is 159 g/mol. The summed E-state index contributed by atoms with van der Waals surface area (Å²) < 4.78 is 17.5. The first-order valence-corrected chi connectivity index (χ1v) is 3.59. The predicted molar refractivity (Wildman–Crippen MR) is 44.0 cm³/mol. The van der Waals surface area contributed by atoms with Gasteiger partial charge in [-0.2, -0.15) is 0 Å². The first-order chi connectivity index (χ1) is 5.65. The lowest BCUT2D eigenvalue weighted by molar-refractivity contribution is 0.116. The number of anilines is 1. The van der Waals surface area contributed by atoms with Crippen LogP contribution in [0.3, 0.4) is 0 Å². The number of pyridine rings is 1. The standard InChI is InChI=1S/C8H11FN2O/c1-5(12-2)8-7(10)3-6(9)4-11-8/h3-5H,10H2,1-2H3. The van der Waals surface area contributed by atoms with Gasteiger partial charge in [0.05, 0.1) is 23.7 Å². The van der Waals surface area contributed by atoms with E-state index in [0.29, 0.717) is 11.4 Å². The largest absolute Gasteiger partial charge is 0.397 e. The van der Waals surface area contributed by atoms with Crippen molar-refractivity contribution in [1.29, 1.82) is 0 Å². The van der Waals surface area contributed by atoms with Gasteiger partial charge in [0.15, 0.2) is 0 Å². The van der Waals surface area contributed by atoms with Crippen LogP contribution >= 0.6 is 0 Å². The number of ether oxygens (including phenoxy) is 1. The minimum absolute atomic E-state index is 0.203.